The molecule has 1 fully saturated rings. The van der Waals surface area contributed by atoms with E-state index >= 15 is 0 Å². The summed E-state index contributed by atoms with van der Waals surface area (Å²) in [6.45, 7) is 0. The lowest BCUT2D eigenvalue weighted by molar-refractivity contribution is 0.0604. The predicted molar refractivity (Wildman–Crippen MR) is 72.5 cm³/mol. The van der Waals surface area contributed by atoms with Crippen LogP contribution in [0.2, 0.25) is 0 Å². The first-order valence-electron chi connectivity index (χ1n) is 6.24. The number of fused-ring (bicyclic) bond motifs is 1. The third-order valence-corrected chi connectivity index (χ3v) is 5.58. The molecule has 1 aliphatic rings. The number of sulfone groups is 1. The molecule has 20 heavy (non-hydrogen) atoms. The molecule has 6 heteroatoms. The van der Waals surface area contributed by atoms with Gasteiger partial charge in [-0.1, -0.05) is 18.2 Å². The van der Waals surface area contributed by atoms with Gasteiger partial charge in [-0.2, -0.15) is 5.26 Å². The highest BCUT2D eigenvalue weighted by molar-refractivity contribution is 7.91. The van der Waals surface area contributed by atoms with Gasteiger partial charge in [-0.3, -0.25) is 0 Å². The molecular formula is C14H13NO4S. The normalized spacial score (nSPS) is 26.4. The zero-order chi connectivity index (χ0) is 14.4. The first-order valence-corrected chi connectivity index (χ1v) is 8.06. The predicted octanol–water partition coefficient (Wildman–Crippen LogP) is 1.79. The van der Waals surface area contributed by atoms with E-state index in [9.17, 15) is 18.8 Å². The number of nitrogens with zero attached hydrogens (tertiary/aromatic N) is 1. The zero-order valence-electron chi connectivity index (χ0n) is 10.6. The van der Waals surface area contributed by atoms with Crippen LogP contribution in [0.15, 0.2) is 34.7 Å². The lowest BCUT2D eigenvalue weighted by atomic mass is 9.82. The fourth-order valence-corrected chi connectivity index (χ4v) is 4.62. The van der Waals surface area contributed by atoms with Gasteiger partial charge < -0.3 is 9.52 Å². The molecule has 0 radical (unpaired) electrons. The van der Waals surface area contributed by atoms with Crippen molar-refractivity contribution < 1.29 is 17.9 Å². The standard InChI is InChI=1S/C14H13NO4S/c15-8-14(5-6-20(17,18)9-14)13(16)12-7-10-3-1-2-4-11(10)19-12/h1-4,7,13,16H,5-6,9H2. The number of aliphatic hydroxyl groups excluding tert-OH is 1. The van der Waals surface area contributed by atoms with Crippen molar-refractivity contribution in [2.75, 3.05) is 11.5 Å². The summed E-state index contributed by atoms with van der Waals surface area (Å²) in [6.07, 6.45) is -1.11. The zero-order valence-corrected chi connectivity index (χ0v) is 11.4. The topological polar surface area (TPSA) is 91.3 Å². The van der Waals surface area contributed by atoms with E-state index in [-0.39, 0.29) is 23.7 Å². The highest BCUT2D eigenvalue weighted by Crippen LogP contribution is 2.43. The van der Waals surface area contributed by atoms with Crippen LogP contribution in [-0.2, 0) is 9.84 Å². The minimum Gasteiger partial charge on any atom is -0.458 e. The van der Waals surface area contributed by atoms with Crippen LogP contribution in [0, 0.1) is 16.7 Å². The first kappa shape index (κ1) is 13.2. The molecule has 5 nitrogen and oxygen atoms in total. The Balaban J connectivity index is 2.03. The smallest absolute Gasteiger partial charge is 0.152 e. The lowest BCUT2D eigenvalue weighted by Gasteiger charge is -2.23. The van der Waals surface area contributed by atoms with Crippen molar-refractivity contribution in [3.63, 3.8) is 0 Å². The maximum absolute atomic E-state index is 11.6. The van der Waals surface area contributed by atoms with E-state index in [1.54, 1.807) is 12.1 Å². The molecule has 3 rings (SSSR count). The van der Waals surface area contributed by atoms with Crippen molar-refractivity contribution in [3.8, 4) is 6.07 Å². The number of para-hydroxylation sites is 1. The maximum atomic E-state index is 11.6. The highest BCUT2D eigenvalue weighted by atomic mass is 32.2. The van der Waals surface area contributed by atoms with Crippen molar-refractivity contribution in [2.45, 2.75) is 12.5 Å². The minimum atomic E-state index is -3.27. The summed E-state index contributed by atoms with van der Waals surface area (Å²) in [7, 11) is -3.27. The third kappa shape index (κ3) is 1.99. The van der Waals surface area contributed by atoms with Gasteiger partial charge in [0.25, 0.3) is 0 Å². The maximum Gasteiger partial charge on any atom is 0.152 e. The summed E-state index contributed by atoms with van der Waals surface area (Å²) in [5.74, 6) is -0.156. The van der Waals surface area contributed by atoms with Crippen LogP contribution in [0.4, 0.5) is 0 Å². The molecule has 2 aromatic rings. The Labute approximate surface area is 116 Å². The molecule has 2 atom stereocenters. The van der Waals surface area contributed by atoms with Gasteiger partial charge in [-0.15, -0.1) is 0 Å². The molecule has 1 saturated heterocycles. The number of hydrogen-bond donors (Lipinski definition) is 1. The number of benzene rings is 1. The van der Waals surface area contributed by atoms with Crippen molar-refractivity contribution >= 4 is 20.8 Å². The van der Waals surface area contributed by atoms with E-state index in [0.717, 1.165) is 5.39 Å². The quantitative estimate of drug-likeness (QED) is 0.910. The largest absolute Gasteiger partial charge is 0.458 e. The lowest BCUT2D eigenvalue weighted by Crippen LogP contribution is -2.28. The van der Waals surface area contributed by atoms with Gasteiger partial charge in [-0.25, -0.2) is 8.42 Å². The molecule has 1 aromatic carbocycles. The number of aliphatic hydroxyl groups is 1. The van der Waals surface area contributed by atoms with Crippen molar-refractivity contribution in [1.29, 1.82) is 5.26 Å². The molecule has 1 aromatic heterocycles. The van der Waals surface area contributed by atoms with E-state index in [2.05, 4.69) is 0 Å². The van der Waals surface area contributed by atoms with Crippen molar-refractivity contribution in [1.82, 2.24) is 0 Å². The van der Waals surface area contributed by atoms with E-state index in [4.69, 9.17) is 4.42 Å². The molecule has 104 valence electrons. The monoisotopic (exact) mass is 291 g/mol. The molecule has 0 spiro atoms. The minimum absolute atomic E-state index is 0.0716. The Kier molecular flexibility index (Phi) is 2.85. The van der Waals surface area contributed by atoms with E-state index in [1.807, 2.05) is 24.3 Å². The number of rotatable bonds is 2. The molecular weight excluding hydrogens is 278 g/mol. The number of furan rings is 1. The van der Waals surface area contributed by atoms with Crippen molar-refractivity contribution in [2.24, 2.45) is 5.41 Å². The summed E-state index contributed by atoms with van der Waals surface area (Å²) >= 11 is 0. The van der Waals surface area contributed by atoms with Gasteiger partial charge in [0.05, 0.1) is 17.6 Å². The summed E-state index contributed by atoms with van der Waals surface area (Å²) in [4.78, 5) is 0. The average Bonchev–Trinajstić information content (AvgIpc) is 2.99. The van der Waals surface area contributed by atoms with Crippen LogP contribution in [0.5, 0.6) is 0 Å². The molecule has 1 aliphatic heterocycles. The second kappa shape index (κ2) is 4.33. The molecule has 0 amide bonds. The van der Waals surface area contributed by atoms with E-state index in [0.29, 0.717) is 5.58 Å². The van der Waals surface area contributed by atoms with Crippen LogP contribution in [0.3, 0.4) is 0 Å². The first-order chi connectivity index (χ1) is 9.46. The van der Waals surface area contributed by atoms with Gasteiger partial charge in [0, 0.05) is 5.39 Å². The SMILES string of the molecule is N#CC1(C(O)c2cc3ccccc3o2)CCS(=O)(=O)C1. The van der Waals surface area contributed by atoms with Gasteiger partial charge >= 0.3 is 0 Å². The Hall–Kier alpha value is -1.84. The summed E-state index contributed by atoms with van der Waals surface area (Å²) < 4.78 is 28.8. The van der Waals surface area contributed by atoms with Crippen LogP contribution in [-0.4, -0.2) is 25.0 Å². The molecule has 2 heterocycles. The molecule has 1 N–H and O–H groups in total. The summed E-state index contributed by atoms with van der Waals surface area (Å²) in [5.41, 5.74) is -0.706. The highest BCUT2D eigenvalue weighted by Gasteiger charge is 2.49. The summed E-state index contributed by atoms with van der Waals surface area (Å²) in [6, 6.07) is 10.9. The van der Waals surface area contributed by atoms with E-state index in [1.165, 1.54) is 0 Å². The fraction of sp³-hybridized carbons (Fsp3) is 0.357. The average molecular weight is 291 g/mol. The van der Waals surface area contributed by atoms with Gasteiger partial charge in [0.2, 0.25) is 0 Å². The Morgan fingerprint density at radius 3 is 2.75 bits per heavy atom. The van der Waals surface area contributed by atoms with Crippen LogP contribution < -0.4 is 0 Å². The second-order valence-corrected chi connectivity index (χ2v) is 7.38. The third-order valence-electron chi connectivity index (χ3n) is 3.80. The second-order valence-electron chi connectivity index (χ2n) is 5.20. The number of hydrogen-bond acceptors (Lipinski definition) is 5. The van der Waals surface area contributed by atoms with Gasteiger partial charge in [0.15, 0.2) is 9.84 Å². The Bertz CT molecular complexity index is 769. The van der Waals surface area contributed by atoms with Crippen LogP contribution in [0.25, 0.3) is 11.0 Å². The fourth-order valence-electron chi connectivity index (χ4n) is 2.65. The number of nitriles is 1. The summed E-state index contributed by atoms with van der Waals surface area (Å²) in [5, 5.41) is 20.6. The molecule has 0 aliphatic carbocycles. The Morgan fingerprint density at radius 2 is 2.15 bits per heavy atom. The van der Waals surface area contributed by atoms with Gasteiger partial charge in [0.1, 0.15) is 22.9 Å². The molecule has 0 saturated carbocycles. The van der Waals surface area contributed by atoms with E-state index < -0.39 is 21.4 Å². The van der Waals surface area contributed by atoms with Crippen LogP contribution in [0.1, 0.15) is 18.3 Å². The van der Waals surface area contributed by atoms with Gasteiger partial charge in [-0.05, 0) is 18.6 Å². The molecule has 2 unspecified atom stereocenters. The van der Waals surface area contributed by atoms with Crippen molar-refractivity contribution in [3.05, 3.63) is 36.1 Å². The molecule has 0 bridgehead atoms. The Morgan fingerprint density at radius 1 is 1.40 bits per heavy atom. The van der Waals surface area contributed by atoms with Crippen LogP contribution >= 0.6 is 0 Å².